The van der Waals surface area contributed by atoms with Crippen LogP contribution in [0.1, 0.15) is 33.6 Å². The Labute approximate surface area is 148 Å². The zero-order valence-electron chi connectivity index (χ0n) is 15.1. The van der Waals surface area contributed by atoms with E-state index in [1.165, 1.54) is 12.1 Å². The molecule has 1 aliphatic heterocycles. The Morgan fingerprint density at radius 3 is 2.36 bits per heavy atom. The molecule has 1 N–H and O–H groups in total. The number of anilines is 1. The molecule has 0 bridgehead atoms. The van der Waals surface area contributed by atoms with Gasteiger partial charge in [0.05, 0.1) is 18.6 Å². The highest BCUT2D eigenvalue weighted by Gasteiger charge is 2.34. The SMILES string of the molecule is CCOC(=O)C1CCN(C(C(=O)Nc2ccc(F)cc2)C(C)C)CC1. The lowest BCUT2D eigenvalue weighted by molar-refractivity contribution is -0.150. The molecule has 1 heterocycles. The topological polar surface area (TPSA) is 58.6 Å². The maximum absolute atomic E-state index is 13.0. The van der Waals surface area contributed by atoms with Crippen LogP contribution in [-0.4, -0.2) is 42.5 Å². The number of piperidine rings is 1. The van der Waals surface area contributed by atoms with Crippen LogP contribution < -0.4 is 5.32 Å². The maximum Gasteiger partial charge on any atom is 0.309 e. The van der Waals surface area contributed by atoms with Crippen molar-refractivity contribution in [2.75, 3.05) is 25.0 Å². The molecule has 25 heavy (non-hydrogen) atoms. The van der Waals surface area contributed by atoms with Gasteiger partial charge in [0.25, 0.3) is 0 Å². The minimum atomic E-state index is -0.334. The lowest BCUT2D eigenvalue weighted by Crippen LogP contribution is -2.51. The van der Waals surface area contributed by atoms with Crippen LogP contribution in [0.15, 0.2) is 24.3 Å². The molecule has 1 unspecified atom stereocenters. The monoisotopic (exact) mass is 350 g/mol. The molecule has 2 rings (SSSR count). The number of rotatable bonds is 6. The van der Waals surface area contributed by atoms with Crippen LogP contribution in [0.2, 0.25) is 0 Å². The minimum Gasteiger partial charge on any atom is -0.466 e. The number of nitrogens with one attached hydrogen (secondary N) is 1. The van der Waals surface area contributed by atoms with Gasteiger partial charge < -0.3 is 10.1 Å². The second kappa shape index (κ2) is 8.94. The number of carbonyl (C=O) groups is 2. The van der Waals surface area contributed by atoms with E-state index in [0.717, 1.165) is 0 Å². The molecular formula is C19H27FN2O3. The molecule has 0 aromatic heterocycles. The lowest BCUT2D eigenvalue weighted by atomic mass is 9.93. The van der Waals surface area contributed by atoms with Gasteiger partial charge in [0.1, 0.15) is 5.82 Å². The highest BCUT2D eigenvalue weighted by Crippen LogP contribution is 2.24. The second-order valence-electron chi connectivity index (χ2n) is 6.75. The summed E-state index contributed by atoms with van der Waals surface area (Å²) >= 11 is 0. The number of amides is 1. The fraction of sp³-hybridized carbons (Fsp3) is 0.579. The summed E-state index contributed by atoms with van der Waals surface area (Å²) in [4.78, 5) is 26.7. The van der Waals surface area contributed by atoms with E-state index in [1.807, 2.05) is 20.8 Å². The molecule has 6 heteroatoms. The summed E-state index contributed by atoms with van der Waals surface area (Å²) in [6.45, 7) is 7.58. The van der Waals surface area contributed by atoms with Gasteiger partial charge in [-0.3, -0.25) is 14.5 Å². The number of esters is 1. The Morgan fingerprint density at radius 1 is 1.24 bits per heavy atom. The van der Waals surface area contributed by atoms with E-state index in [2.05, 4.69) is 10.2 Å². The average Bonchev–Trinajstić information content (AvgIpc) is 2.57. The number of hydrogen-bond donors (Lipinski definition) is 1. The predicted molar refractivity (Wildman–Crippen MR) is 94.6 cm³/mol. The van der Waals surface area contributed by atoms with Crippen molar-refractivity contribution in [3.63, 3.8) is 0 Å². The van der Waals surface area contributed by atoms with E-state index in [-0.39, 0.29) is 35.6 Å². The number of halogens is 1. The zero-order chi connectivity index (χ0) is 18.4. The van der Waals surface area contributed by atoms with Gasteiger partial charge in [0.15, 0.2) is 0 Å². The molecule has 1 amide bonds. The van der Waals surface area contributed by atoms with Crippen molar-refractivity contribution in [1.82, 2.24) is 4.90 Å². The Balaban J connectivity index is 1.97. The Bertz CT molecular complexity index is 581. The van der Waals surface area contributed by atoms with E-state index in [0.29, 0.717) is 38.2 Å². The van der Waals surface area contributed by atoms with Gasteiger partial charge in [-0.25, -0.2) is 4.39 Å². The zero-order valence-corrected chi connectivity index (χ0v) is 15.1. The maximum atomic E-state index is 13.0. The first-order valence-corrected chi connectivity index (χ1v) is 8.89. The number of nitrogens with zero attached hydrogens (tertiary/aromatic N) is 1. The van der Waals surface area contributed by atoms with Crippen molar-refractivity contribution in [3.8, 4) is 0 Å². The van der Waals surface area contributed by atoms with Crippen molar-refractivity contribution in [1.29, 1.82) is 0 Å². The molecule has 1 fully saturated rings. The van der Waals surface area contributed by atoms with Crippen LogP contribution in [0.4, 0.5) is 10.1 Å². The van der Waals surface area contributed by atoms with E-state index >= 15 is 0 Å². The molecule has 1 saturated heterocycles. The van der Waals surface area contributed by atoms with E-state index < -0.39 is 0 Å². The van der Waals surface area contributed by atoms with Crippen molar-refractivity contribution < 1.29 is 18.7 Å². The summed E-state index contributed by atoms with van der Waals surface area (Å²) in [5, 5.41) is 2.86. The standard InChI is InChI=1S/C19H27FN2O3/c1-4-25-19(24)14-9-11-22(12-10-14)17(13(2)3)18(23)21-16-7-5-15(20)6-8-16/h5-8,13-14,17H,4,9-12H2,1-3H3,(H,21,23). The van der Waals surface area contributed by atoms with Gasteiger partial charge in [-0.2, -0.15) is 0 Å². The first kappa shape index (κ1) is 19.4. The van der Waals surface area contributed by atoms with Crippen LogP contribution in [-0.2, 0) is 14.3 Å². The Morgan fingerprint density at radius 2 is 1.84 bits per heavy atom. The van der Waals surface area contributed by atoms with Crippen LogP contribution in [0.5, 0.6) is 0 Å². The van der Waals surface area contributed by atoms with Crippen LogP contribution in [0, 0.1) is 17.7 Å². The quantitative estimate of drug-likeness (QED) is 0.801. The molecule has 138 valence electrons. The van der Waals surface area contributed by atoms with Crippen molar-refractivity contribution >= 4 is 17.6 Å². The summed E-state index contributed by atoms with van der Waals surface area (Å²) < 4.78 is 18.1. The molecular weight excluding hydrogens is 323 g/mol. The molecule has 1 atom stereocenters. The summed E-state index contributed by atoms with van der Waals surface area (Å²) in [5.74, 6) is -0.529. The van der Waals surface area contributed by atoms with Crippen molar-refractivity contribution in [3.05, 3.63) is 30.1 Å². The molecule has 0 radical (unpaired) electrons. The van der Waals surface area contributed by atoms with Gasteiger partial charge in [0.2, 0.25) is 5.91 Å². The van der Waals surface area contributed by atoms with E-state index in [4.69, 9.17) is 4.74 Å². The number of hydrogen-bond acceptors (Lipinski definition) is 4. The third-order valence-corrected chi connectivity index (χ3v) is 4.55. The molecule has 0 saturated carbocycles. The largest absolute Gasteiger partial charge is 0.466 e. The highest BCUT2D eigenvalue weighted by molar-refractivity contribution is 5.95. The molecule has 1 aliphatic rings. The smallest absolute Gasteiger partial charge is 0.309 e. The summed E-state index contributed by atoms with van der Waals surface area (Å²) in [6.07, 6.45) is 1.40. The van der Waals surface area contributed by atoms with E-state index in [1.54, 1.807) is 12.1 Å². The fourth-order valence-corrected chi connectivity index (χ4v) is 3.31. The summed E-state index contributed by atoms with van der Waals surface area (Å²) in [6, 6.07) is 5.47. The number of ether oxygens (including phenoxy) is 1. The van der Waals surface area contributed by atoms with Crippen LogP contribution >= 0.6 is 0 Å². The predicted octanol–water partition coefficient (Wildman–Crippen LogP) is 3.06. The van der Waals surface area contributed by atoms with Gasteiger partial charge >= 0.3 is 5.97 Å². The van der Waals surface area contributed by atoms with Crippen molar-refractivity contribution in [2.45, 2.75) is 39.7 Å². The van der Waals surface area contributed by atoms with Crippen LogP contribution in [0.3, 0.4) is 0 Å². The molecule has 0 aliphatic carbocycles. The summed E-state index contributed by atoms with van der Waals surface area (Å²) in [5.41, 5.74) is 0.582. The number of likely N-dealkylation sites (tertiary alicyclic amines) is 1. The first-order valence-electron chi connectivity index (χ1n) is 8.89. The Kier molecular flexibility index (Phi) is 6.93. The number of carbonyl (C=O) groups excluding carboxylic acids is 2. The summed E-state index contributed by atoms with van der Waals surface area (Å²) in [7, 11) is 0. The minimum absolute atomic E-state index is 0.0795. The van der Waals surface area contributed by atoms with Crippen LogP contribution in [0.25, 0.3) is 0 Å². The van der Waals surface area contributed by atoms with E-state index in [9.17, 15) is 14.0 Å². The third-order valence-electron chi connectivity index (χ3n) is 4.55. The highest BCUT2D eigenvalue weighted by atomic mass is 19.1. The fourth-order valence-electron chi connectivity index (χ4n) is 3.31. The van der Waals surface area contributed by atoms with Gasteiger partial charge in [-0.1, -0.05) is 13.8 Å². The van der Waals surface area contributed by atoms with Crippen molar-refractivity contribution in [2.24, 2.45) is 11.8 Å². The molecule has 1 aromatic rings. The lowest BCUT2D eigenvalue weighted by Gasteiger charge is -2.37. The number of benzene rings is 1. The molecule has 5 nitrogen and oxygen atoms in total. The Hall–Kier alpha value is -1.95. The normalized spacial score (nSPS) is 17.3. The third kappa shape index (κ3) is 5.26. The first-order chi connectivity index (χ1) is 11.9. The van der Waals surface area contributed by atoms with Gasteiger partial charge in [-0.15, -0.1) is 0 Å². The van der Waals surface area contributed by atoms with Gasteiger partial charge in [0, 0.05) is 5.69 Å². The second-order valence-corrected chi connectivity index (χ2v) is 6.75. The van der Waals surface area contributed by atoms with Gasteiger partial charge in [-0.05, 0) is 63.0 Å². The average molecular weight is 350 g/mol. The molecule has 1 aromatic carbocycles. The molecule has 0 spiro atoms.